The van der Waals surface area contributed by atoms with E-state index in [1.165, 1.54) is 29.1 Å². The van der Waals surface area contributed by atoms with Gasteiger partial charge in [-0.15, -0.1) is 13.2 Å². The van der Waals surface area contributed by atoms with E-state index in [-0.39, 0.29) is 42.0 Å². The van der Waals surface area contributed by atoms with Crippen LogP contribution in [-0.4, -0.2) is 56.5 Å². The molecule has 0 saturated heterocycles. The normalized spacial score (nSPS) is 11.4. The summed E-state index contributed by atoms with van der Waals surface area (Å²) in [4.78, 5) is 27.6. The zero-order valence-corrected chi connectivity index (χ0v) is 15.7. The van der Waals surface area contributed by atoms with Gasteiger partial charge in [-0.2, -0.15) is 5.10 Å². The van der Waals surface area contributed by atoms with Crippen LogP contribution < -0.4 is 15.4 Å². The number of carbonyl (C=O) groups excluding carboxylic acids is 1. The quantitative estimate of drug-likeness (QED) is 0.440. The molecule has 0 aliphatic carbocycles. The highest BCUT2D eigenvalue weighted by Gasteiger charge is 2.31. The van der Waals surface area contributed by atoms with Gasteiger partial charge < -0.3 is 25.6 Å². The molecule has 0 bridgehead atoms. The topological polar surface area (TPSA) is 139 Å². The van der Waals surface area contributed by atoms with Crippen molar-refractivity contribution in [3.05, 3.63) is 47.8 Å². The molecule has 4 N–H and O–H groups in total. The molecule has 3 rings (SSSR count). The van der Waals surface area contributed by atoms with E-state index in [1.807, 2.05) is 0 Å². The van der Waals surface area contributed by atoms with Crippen LogP contribution in [0.2, 0.25) is 0 Å². The lowest BCUT2D eigenvalue weighted by Gasteiger charge is -2.09. The van der Waals surface area contributed by atoms with Crippen LogP contribution >= 0.6 is 0 Å². The summed E-state index contributed by atoms with van der Waals surface area (Å²) < 4.78 is 42.2. The van der Waals surface area contributed by atoms with Gasteiger partial charge in [0.05, 0.1) is 35.5 Å². The SMILES string of the molecule is O=C(O)NCc1nn(-c2ccc(OC(F)(F)F)cc2)c2nccc(C(=O)NCCO)c12. The average Bonchev–Trinajstić information content (AvgIpc) is 3.08. The maximum absolute atomic E-state index is 12.5. The van der Waals surface area contributed by atoms with Gasteiger partial charge in [-0.25, -0.2) is 14.5 Å². The molecule has 0 saturated carbocycles. The highest BCUT2D eigenvalue weighted by atomic mass is 19.4. The number of aliphatic hydroxyl groups excluding tert-OH is 1. The molecule has 2 aromatic heterocycles. The third-order valence-electron chi connectivity index (χ3n) is 4.00. The number of amides is 2. The number of hydrogen-bond donors (Lipinski definition) is 4. The first-order chi connectivity index (χ1) is 14.7. The number of aliphatic hydroxyl groups is 1. The molecule has 0 fully saturated rings. The molecule has 0 aliphatic rings. The molecule has 0 spiro atoms. The lowest BCUT2D eigenvalue weighted by Crippen LogP contribution is -2.27. The van der Waals surface area contributed by atoms with Gasteiger partial charge in [-0.1, -0.05) is 0 Å². The van der Waals surface area contributed by atoms with Crippen molar-refractivity contribution in [3.8, 4) is 11.4 Å². The predicted octanol–water partition coefficient (Wildman–Crippen LogP) is 1.81. The number of fused-ring (bicyclic) bond motifs is 1. The summed E-state index contributed by atoms with van der Waals surface area (Å²) in [7, 11) is 0. The molecule has 31 heavy (non-hydrogen) atoms. The van der Waals surface area contributed by atoms with Gasteiger partial charge in [0.2, 0.25) is 0 Å². The molecule has 1 aromatic carbocycles. The van der Waals surface area contributed by atoms with Gasteiger partial charge in [0, 0.05) is 12.7 Å². The van der Waals surface area contributed by atoms with Gasteiger partial charge in [0.15, 0.2) is 5.65 Å². The van der Waals surface area contributed by atoms with Crippen molar-refractivity contribution < 1.29 is 37.7 Å². The van der Waals surface area contributed by atoms with Crippen LogP contribution in [0.3, 0.4) is 0 Å². The van der Waals surface area contributed by atoms with E-state index in [9.17, 15) is 22.8 Å². The zero-order chi connectivity index (χ0) is 22.6. The number of carboxylic acid groups (broad SMARTS) is 1. The largest absolute Gasteiger partial charge is 0.573 e. The Balaban J connectivity index is 2.07. The molecule has 2 amide bonds. The van der Waals surface area contributed by atoms with E-state index in [0.717, 1.165) is 12.1 Å². The first kappa shape index (κ1) is 21.8. The third kappa shape index (κ3) is 5.19. The number of nitrogens with one attached hydrogen (secondary N) is 2. The first-order valence-corrected chi connectivity index (χ1v) is 8.78. The van der Waals surface area contributed by atoms with Gasteiger partial charge in [-0.3, -0.25) is 4.79 Å². The van der Waals surface area contributed by atoms with E-state index in [4.69, 9.17) is 10.2 Å². The van der Waals surface area contributed by atoms with E-state index in [1.54, 1.807) is 0 Å². The molecule has 0 atom stereocenters. The molecule has 3 aromatic rings. The minimum Gasteiger partial charge on any atom is -0.465 e. The lowest BCUT2D eigenvalue weighted by atomic mass is 10.1. The van der Waals surface area contributed by atoms with Crippen molar-refractivity contribution in [2.24, 2.45) is 0 Å². The maximum atomic E-state index is 12.5. The Morgan fingerprint density at radius 1 is 1.13 bits per heavy atom. The summed E-state index contributed by atoms with van der Waals surface area (Å²) in [6, 6.07) is 6.20. The molecular formula is C18H16F3N5O5. The standard InChI is InChI=1S/C18H16F3N5O5/c19-18(20,21)31-11-3-1-10(2-4-11)26-15-14(13(25-26)9-24-17(29)30)12(5-6-22-15)16(28)23-7-8-27/h1-6,24,27H,7-9H2,(H,23,28)(H,29,30). The third-order valence-corrected chi connectivity index (χ3v) is 4.00. The highest BCUT2D eigenvalue weighted by Crippen LogP contribution is 2.27. The molecule has 0 aliphatic heterocycles. The van der Waals surface area contributed by atoms with E-state index >= 15 is 0 Å². The number of aromatic nitrogens is 3. The number of hydrogen-bond acceptors (Lipinski definition) is 6. The van der Waals surface area contributed by atoms with Crippen molar-refractivity contribution in [2.75, 3.05) is 13.2 Å². The number of carbonyl (C=O) groups is 2. The van der Waals surface area contributed by atoms with Crippen LogP contribution in [0.4, 0.5) is 18.0 Å². The molecule has 2 heterocycles. The summed E-state index contributed by atoms with van der Waals surface area (Å²) in [5, 5.41) is 27.0. The van der Waals surface area contributed by atoms with Gasteiger partial charge >= 0.3 is 12.5 Å². The Kier molecular flexibility index (Phi) is 6.25. The number of ether oxygens (including phenoxy) is 1. The second-order valence-electron chi connectivity index (χ2n) is 6.10. The number of alkyl halides is 3. The van der Waals surface area contributed by atoms with E-state index < -0.39 is 24.1 Å². The number of pyridine rings is 1. The smallest absolute Gasteiger partial charge is 0.465 e. The van der Waals surface area contributed by atoms with Crippen molar-refractivity contribution in [1.82, 2.24) is 25.4 Å². The van der Waals surface area contributed by atoms with Gasteiger partial charge in [-0.05, 0) is 30.3 Å². The number of benzene rings is 1. The Bertz CT molecular complexity index is 1100. The Morgan fingerprint density at radius 2 is 1.84 bits per heavy atom. The van der Waals surface area contributed by atoms with Crippen LogP contribution in [0.25, 0.3) is 16.7 Å². The average molecular weight is 439 g/mol. The first-order valence-electron chi connectivity index (χ1n) is 8.78. The van der Waals surface area contributed by atoms with Crippen molar-refractivity contribution >= 4 is 23.0 Å². The summed E-state index contributed by atoms with van der Waals surface area (Å²) in [6.45, 7) is -0.529. The molecular weight excluding hydrogens is 423 g/mol. The van der Waals surface area contributed by atoms with Crippen LogP contribution in [0.5, 0.6) is 5.75 Å². The van der Waals surface area contributed by atoms with E-state index in [0.29, 0.717) is 5.69 Å². The fraction of sp³-hybridized carbons (Fsp3) is 0.222. The van der Waals surface area contributed by atoms with Crippen molar-refractivity contribution in [1.29, 1.82) is 0 Å². The number of nitrogens with zero attached hydrogens (tertiary/aromatic N) is 3. The van der Waals surface area contributed by atoms with E-state index in [2.05, 4.69) is 25.5 Å². The monoisotopic (exact) mass is 439 g/mol. The molecule has 13 heteroatoms. The van der Waals surface area contributed by atoms with Crippen LogP contribution in [0.15, 0.2) is 36.5 Å². The molecule has 0 unspecified atom stereocenters. The van der Waals surface area contributed by atoms with Crippen molar-refractivity contribution in [3.63, 3.8) is 0 Å². The fourth-order valence-electron chi connectivity index (χ4n) is 2.82. The molecule has 10 nitrogen and oxygen atoms in total. The zero-order valence-electron chi connectivity index (χ0n) is 15.7. The minimum absolute atomic E-state index is 0.000162. The predicted molar refractivity (Wildman–Crippen MR) is 99.8 cm³/mol. The Labute approximate surface area is 172 Å². The van der Waals surface area contributed by atoms with Crippen LogP contribution in [-0.2, 0) is 6.54 Å². The van der Waals surface area contributed by atoms with Gasteiger partial charge in [0.25, 0.3) is 5.91 Å². The summed E-state index contributed by atoms with van der Waals surface area (Å²) in [5.74, 6) is -0.969. The minimum atomic E-state index is -4.84. The Morgan fingerprint density at radius 3 is 2.45 bits per heavy atom. The summed E-state index contributed by atoms with van der Waals surface area (Å²) in [6.07, 6.45) is -4.82. The lowest BCUT2D eigenvalue weighted by molar-refractivity contribution is -0.274. The van der Waals surface area contributed by atoms with Crippen molar-refractivity contribution in [2.45, 2.75) is 12.9 Å². The second kappa shape index (κ2) is 8.87. The van der Waals surface area contributed by atoms with Gasteiger partial charge in [0.1, 0.15) is 5.75 Å². The van der Waals surface area contributed by atoms with Crippen LogP contribution in [0, 0.1) is 0 Å². The van der Waals surface area contributed by atoms with Crippen LogP contribution in [0.1, 0.15) is 16.1 Å². The second-order valence-corrected chi connectivity index (χ2v) is 6.10. The number of rotatable bonds is 7. The molecule has 0 radical (unpaired) electrons. The summed E-state index contributed by atoms with van der Waals surface area (Å²) in [5.41, 5.74) is 0.809. The highest BCUT2D eigenvalue weighted by molar-refractivity contribution is 6.06. The Hall–Kier alpha value is -3.87. The maximum Gasteiger partial charge on any atom is 0.573 e. The molecule has 164 valence electrons. The number of halogens is 3. The fourth-order valence-corrected chi connectivity index (χ4v) is 2.82. The summed E-state index contributed by atoms with van der Waals surface area (Å²) >= 11 is 0.